The van der Waals surface area contributed by atoms with E-state index in [2.05, 4.69) is 4.72 Å². The van der Waals surface area contributed by atoms with Crippen LogP contribution in [-0.4, -0.2) is 26.6 Å². The molecule has 4 rings (SSSR count). The Morgan fingerprint density at radius 2 is 1.69 bits per heavy atom. The minimum atomic E-state index is -3.78. The highest BCUT2D eigenvalue weighted by Gasteiger charge is 2.17. The molecule has 4 aromatic carbocycles. The predicted octanol–water partition coefficient (Wildman–Crippen LogP) is 5.07. The largest absolute Gasteiger partial charge is 0.497 e. The Balaban J connectivity index is 1.67. The van der Waals surface area contributed by atoms with Crippen LogP contribution in [0.4, 0.5) is 4.39 Å². The van der Waals surface area contributed by atoms with E-state index in [0.29, 0.717) is 38.8 Å². The summed E-state index contributed by atoms with van der Waals surface area (Å²) in [6.07, 6.45) is -0.173. The Morgan fingerprint density at radius 3 is 2.31 bits per heavy atom. The van der Waals surface area contributed by atoms with Crippen LogP contribution < -0.4 is 9.46 Å². The summed E-state index contributed by atoms with van der Waals surface area (Å²) in [5, 5.41) is 10.7. The molecule has 0 aliphatic carbocycles. The van der Waals surface area contributed by atoms with E-state index in [-0.39, 0.29) is 17.9 Å². The van der Waals surface area contributed by atoms with Crippen molar-refractivity contribution in [3.63, 3.8) is 0 Å². The molecule has 0 aliphatic heterocycles. The van der Waals surface area contributed by atoms with Gasteiger partial charge in [0.1, 0.15) is 11.6 Å². The third-order valence-electron chi connectivity index (χ3n) is 5.89. The van der Waals surface area contributed by atoms with E-state index in [9.17, 15) is 22.7 Å². The van der Waals surface area contributed by atoms with Crippen LogP contribution in [0, 0.1) is 12.7 Å². The number of fused-ring (bicyclic) bond motifs is 1. The Hall–Kier alpha value is -3.75. The molecular weight excluding hydrogens is 469 g/mol. The maximum Gasteiger partial charge on any atom is 0.307 e. The van der Waals surface area contributed by atoms with Gasteiger partial charge in [-0.25, -0.2) is 17.5 Å². The zero-order valence-corrected chi connectivity index (χ0v) is 20.0. The Kier molecular flexibility index (Phi) is 6.86. The highest BCUT2D eigenvalue weighted by molar-refractivity contribution is 7.89. The fourth-order valence-electron chi connectivity index (χ4n) is 4.05. The van der Waals surface area contributed by atoms with Crippen molar-refractivity contribution in [3.8, 4) is 16.9 Å². The fraction of sp³-hybridized carbons (Fsp3) is 0.148. The molecule has 4 aromatic rings. The first-order chi connectivity index (χ1) is 16.7. The third-order valence-corrected chi connectivity index (χ3v) is 7.31. The molecule has 0 aliphatic rings. The van der Waals surface area contributed by atoms with Crippen LogP contribution in [0.1, 0.15) is 16.7 Å². The minimum Gasteiger partial charge on any atom is -0.497 e. The number of ether oxygens (including phenoxy) is 1. The number of halogens is 1. The lowest BCUT2D eigenvalue weighted by Crippen LogP contribution is -2.23. The summed E-state index contributed by atoms with van der Waals surface area (Å²) in [7, 11) is -2.22. The third kappa shape index (κ3) is 5.34. The van der Waals surface area contributed by atoms with Gasteiger partial charge in [-0.3, -0.25) is 4.79 Å². The topological polar surface area (TPSA) is 92.7 Å². The summed E-state index contributed by atoms with van der Waals surface area (Å²) >= 11 is 0. The van der Waals surface area contributed by atoms with Crippen LogP contribution in [-0.2, 0) is 27.8 Å². The van der Waals surface area contributed by atoms with E-state index in [0.717, 1.165) is 5.56 Å². The molecule has 0 heterocycles. The second kappa shape index (κ2) is 9.85. The van der Waals surface area contributed by atoms with Crippen molar-refractivity contribution in [2.24, 2.45) is 0 Å². The van der Waals surface area contributed by atoms with Gasteiger partial charge in [0.25, 0.3) is 0 Å². The fourth-order valence-corrected chi connectivity index (χ4v) is 5.07. The number of carbonyl (C=O) groups is 1. The molecule has 0 amide bonds. The molecule has 0 atom stereocenters. The van der Waals surface area contributed by atoms with Crippen molar-refractivity contribution in [1.82, 2.24) is 4.72 Å². The summed E-state index contributed by atoms with van der Waals surface area (Å²) < 4.78 is 47.4. The zero-order chi connectivity index (χ0) is 25.2. The average Bonchev–Trinajstić information content (AvgIpc) is 2.84. The molecule has 0 aromatic heterocycles. The SMILES string of the molecule is COc1ccc(CNS(=O)(=O)c2ccc(-c3c(C)c(CC(=O)O)cc4ccc(F)cc34)cc2)cc1. The number of sulfonamides is 1. The number of carboxylic acid groups (broad SMARTS) is 1. The van der Waals surface area contributed by atoms with Gasteiger partial charge < -0.3 is 9.84 Å². The molecule has 6 nitrogen and oxygen atoms in total. The van der Waals surface area contributed by atoms with E-state index < -0.39 is 21.8 Å². The molecule has 8 heteroatoms. The maximum absolute atomic E-state index is 14.1. The Morgan fingerprint density at radius 1 is 1.00 bits per heavy atom. The molecule has 180 valence electrons. The van der Waals surface area contributed by atoms with Gasteiger partial charge in [0.05, 0.1) is 18.4 Å². The Labute approximate surface area is 203 Å². The van der Waals surface area contributed by atoms with Gasteiger partial charge >= 0.3 is 5.97 Å². The summed E-state index contributed by atoms with van der Waals surface area (Å²) in [6, 6.07) is 19.4. The van der Waals surface area contributed by atoms with Crippen LogP contribution in [0.5, 0.6) is 5.75 Å². The van der Waals surface area contributed by atoms with Crippen molar-refractivity contribution in [2.75, 3.05) is 7.11 Å². The number of benzene rings is 4. The van der Waals surface area contributed by atoms with E-state index in [1.54, 1.807) is 62.6 Å². The van der Waals surface area contributed by atoms with Gasteiger partial charge in [0.15, 0.2) is 0 Å². The van der Waals surface area contributed by atoms with Gasteiger partial charge in [-0.2, -0.15) is 0 Å². The van der Waals surface area contributed by atoms with E-state index in [1.165, 1.54) is 24.3 Å². The zero-order valence-electron chi connectivity index (χ0n) is 19.2. The van der Waals surface area contributed by atoms with Gasteiger partial charge in [-0.15, -0.1) is 0 Å². The maximum atomic E-state index is 14.1. The molecule has 2 N–H and O–H groups in total. The predicted molar refractivity (Wildman–Crippen MR) is 132 cm³/mol. The summed E-state index contributed by atoms with van der Waals surface area (Å²) in [5.41, 5.74) is 3.45. The van der Waals surface area contributed by atoms with Gasteiger partial charge in [0, 0.05) is 6.54 Å². The monoisotopic (exact) mass is 493 g/mol. The summed E-state index contributed by atoms with van der Waals surface area (Å²) in [6.45, 7) is 1.91. The molecule has 0 saturated carbocycles. The molecular formula is C27H24FNO5S. The molecule has 0 spiro atoms. The number of carboxylic acids is 1. The number of rotatable bonds is 8. The molecule has 0 radical (unpaired) electrons. The number of hydrogen-bond donors (Lipinski definition) is 2. The normalized spacial score (nSPS) is 11.5. The lowest BCUT2D eigenvalue weighted by molar-refractivity contribution is -0.136. The van der Waals surface area contributed by atoms with Gasteiger partial charge in [-0.1, -0.05) is 36.4 Å². The first-order valence-corrected chi connectivity index (χ1v) is 12.3. The van der Waals surface area contributed by atoms with Crippen LogP contribution in [0.3, 0.4) is 0 Å². The second-order valence-corrected chi connectivity index (χ2v) is 9.94. The van der Waals surface area contributed by atoms with E-state index in [4.69, 9.17) is 4.74 Å². The van der Waals surface area contributed by atoms with Gasteiger partial charge in [0.2, 0.25) is 10.0 Å². The lowest BCUT2D eigenvalue weighted by atomic mass is 9.89. The highest BCUT2D eigenvalue weighted by atomic mass is 32.2. The number of nitrogens with one attached hydrogen (secondary N) is 1. The first-order valence-electron chi connectivity index (χ1n) is 10.8. The molecule has 0 bridgehead atoms. The molecule has 0 saturated heterocycles. The molecule has 35 heavy (non-hydrogen) atoms. The van der Waals surface area contributed by atoms with Crippen LogP contribution in [0.25, 0.3) is 21.9 Å². The van der Waals surface area contributed by atoms with Crippen LogP contribution in [0.15, 0.2) is 77.7 Å². The minimum absolute atomic E-state index is 0.0876. The van der Waals surface area contributed by atoms with E-state index >= 15 is 0 Å². The van der Waals surface area contributed by atoms with E-state index in [1.807, 2.05) is 0 Å². The average molecular weight is 494 g/mol. The first kappa shape index (κ1) is 24.4. The summed E-state index contributed by atoms with van der Waals surface area (Å²) in [4.78, 5) is 11.5. The second-order valence-electron chi connectivity index (χ2n) is 8.17. The Bertz CT molecular complexity index is 1500. The van der Waals surface area contributed by atoms with Crippen LogP contribution >= 0.6 is 0 Å². The smallest absolute Gasteiger partial charge is 0.307 e. The van der Waals surface area contributed by atoms with Crippen molar-refractivity contribution < 1.29 is 27.4 Å². The number of hydrogen-bond acceptors (Lipinski definition) is 4. The van der Waals surface area contributed by atoms with Crippen molar-refractivity contribution >= 4 is 26.8 Å². The highest BCUT2D eigenvalue weighted by Crippen LogP contribution is 2.35. The quantitative estimate of drug-likeness (QED) is 0.358. The van der Waals surface area contributed by atoms with Crippen LogP contribution in [0.2, 0.25) is 0 Å². The number of methoxy groups -OCH3 is 1. The molecule has 0 fully saturated rings. The standard InChI is InChI=1S/C27H24FNO5S/c1-17-21(14-26(30)31)13-20-5-8-22(28)15-25(20)27(17)19-6-11-24(12-7-19)35(32,33)29-16-18-3-9-23(34-2)10-4-18/h3-13,15,29H,14,16H2,1-2H3,(H,30,31). The lowest BCUT2D eigenvalue weighted by Gasteiger charge is -2.16. The van der Waals surface area contributed by atoms with Crippen molar-refractivity contribution in [2.45, 2.75) is 24.8 Å². The molecule has 0 unspecified atom stereocenters. The van der Waals surface area contributed by atoms with Crippen molar-refractivity contribution in [3.05, 3.63) is 95.3 Å². The number of aliphatic carboxylic acids is 1. The van der Waals surface area contributed by atoms with Gasteiger partial charge in [-0.05, 0) is 81.9 Å². The van der Waals surface area contributed by atoms with Crippen molar-refractivity contribution in [1.29, 1.82) is 0 Å². The summed E-state index contributed by atoms with van der Waals surface area (Å²) in [5.74, 6) is -0.696.